The molecule has 0 amide bonds. The number of carbonyl (C=O) groups is 1. The maximum atomic E-state index is 11.3. The van der Waals surface area contributed by atoms with Crippen LogP contribution in [0.4, 0.5) is 0 Å². The van der Waals surface area contributed by atoms with Crippen LogP contribution in [0.1, 0.15) is 60.1 Å². The molecule has 2 N–H and O–H groups in total. The minimum absolute atomic E-state index is 0.0822. The monoisotopic (exact) mass is 282 g/mol. The third-order valence-electron chi connectivity index (χ3n) is 4.07. The first kappa shape index (κ1) is 16.7. The highest BCUT2D eigenvalue weighted by molar-refractivity contribution is 5.75. The molecule has 114 valence electrons. The van der Waals surface area contributed by atoms with Crippen LogP contribution in [0.25, 0.3) is 0 Å². The van der Waals surface area contributed by atoms with Crippen LogP contribution in [-0.4, -0.2) is 21.6 Å². The van der Waals surface area contributed by atoms with Crippen LogP contribution in [0, 0.1) is 5.41 Å². The van der Waals surface area contributed by atoms with E-state index in [1.807, 2.05) is 13.8 Å². The molecule has 1 rings (SSSR count). The summed E-state index contributed by atoms with van der Waals surface area (Å²) >= 11 is 0. The summed E-state index contributed by atoms with van der Waals surface area (Å²) in [6.45, 7) is 13.7. The van der Waals surface area contributed by atoms with Gasteiger partial charge in [-0.05, 0) is 27.7 Å². The van der Waals surface area contributed by atoms with Crippen molar-refractivity contribution in [3.8, 4) is 0 Å². The fourth-order valence-corrected chi connectivity index (χ4v) is 1.52. The molecule has 1 aromatic heterocycles. The second kappa shape index (κ2) is 5.20. The van der Waals surface area contributed by atoms with E-state index in [9.17, 15) is 9.90 Å². The molecule has 0 radical (unpaired) electrons. The van der Waals surface area contributed by atoms with Gasteiger partial charge in [-0.2, -0.15) is 0 Å². The molecule has 0 bridgehead atoms. The van der Waals surface area contributed by atoms with Gasteiger partial charge >= 0.3 is 5.97 Å². The van der Waals surface area contributed by atoms with E-state index in [4.69, 9.17) is 4.42 Å². The van der Waals surface area contributed by atoms with Crippen LogP contribution in [0.15, 0.2) is 10.6 Å². The molecule has 0 aromatic carbocycles. The van der Waals surface area contributed by atoms with Crippen LogP contribution >= 0.6 is 0 Å². The molecule has 5 nitrogen and oxygen atoms in total. The van der Waals surface area contributed by atoms with Gasteiger partial charge in [0.1, 0.15) is 5.76 Å². The number of nitrogens with zero attached hydrogens (tertiary/aromatic N) is 1. The Kier molecular flexibility index (Phi) is 4.34. The summed E-state index contributed by atoms with van der Waals surface area (Å²) in [7, 11) is 0. The maximum Gasteiger partial charge on any atom is 0.310 e. The van der Waals surface area contributed by atoms with Crippen LogP contribution < -0.4 is 5.32 Å². The SMILES string of the molecule is CC(C)(C)c1cnc(CNC(C)(C)C(C)(C)C(=O)O)o1. The average molecular weight is 282 g/mol. The van der Waals surface area contributed by atoms with Crippen molar-refractivity contribution < 1.29 is 14.3 Å². The van der Waals surface area contributed by atoms with E-state index in [0.717, 1.165) is 5.76 Å². The van der Waals surface area contributed by atoms with Gasteiger partial charge in [-0.3, -0.25) is 4.79 Å². The van der Waals surface area contributed by atoms with Gasteiger partial charge in [0.15, 0.2) is 0 Å². The van der Waals surface area contributed by atoms with Crippen molar-refractivity contribution in [1.29, 1.82) is 0 Å². The number of nitrogens with one attached hydrogen (secondary N) is 1. The number of aromatic nitrogens is 1. The summed E-state index contributed by atoms with van der Waals surface area (Å²) in [5.74, 6) is 0.562. The number of hydrogen-bond acceptors (Lipinski definition) is 4. The van der Waals surface area contributed by atoms with Crippen molar-refractivity contribution in [2.24, 2.45) is 5.41 Å². The van der Waals surface area contributed by atoms with E-state index in [1.165, 1.54) is 0 Å². The molecule has 5 heteroatoms. The second-order valence-corrected chi connectivity index (χ2v) is 7.28. The van der Waals surface area contributed by atoms with Crippen molar-refractivity contribution in [1.82, 2.24) is 10.3 Å². The molecule has 0 saturated heterocycles. The summed E-state index contributed by atoms with van der Waals surface area (Å²) in [5, 5.41) is 12.5. The number of oxazole rings is 1. The summed E-state index contributed by atoms with van der Waals surface area (Å²) in [6.07, 6.45) is 1.73. The van der Waals surface area contributed by atoms with Crippen LogP contribution in [0.2, 0.25) is 0 Å². The average Bonchev–Trinajstić information content (AvgIpc) is 2.74. The normalized spacial score (nSPS) is 13.6. The molecule has 0 fully saturated rings. The van der Waals surface area contributed by atoms with Gasteiger partial charge in [-0.25, -0.2) is 4.98 Å². The third-order valence-corrected chi connectivity index (χ3v) is 4.07. The highest BCUT2D eigenvalue weighted by Gasteiger charge is 2.43. The zero-order valence-electron chi connectivity index (χ0n) is 13.5. The standard InChI is InChI=1S/C15H26N2O3/c1-13(2,3)10-8-16-11(20-10)9-17-15(6,7)14(4,5)12(18)19/h8,17H,9H2,1-7H3,(H,18,19). The Morgan fingerprint density at radius 1 is 1.25 bits per heavy atom. The quantitative estimate of drug-likeness (QED) is 0.868. The summed E-state index contributed by atoms with van der Waals surface area (Å²) in [6, 6.07) is 0. The smallest absolute Gasteiger partial charge is 0.310 e. The molecular weight excluding hydrogens is 256 g/mol. The Labute approximate surface area is 120 Å². The van der Waals surface area contributed by atoms with E-state index in [-0.39, 0.29) is 5.41 Å². The highest BCUT2D eigenvalue weighted by Crippen LogP contribution is 2.31. The molecule has 0 aliphatic carbocycles. The Morgan fingerprint density at radius 3 is 2.20 bits per heavy atom. The van der Waals surface area contributed by atoms with Crippen molar-refractivity contribution in [3.05, 3.63) is 17.8 Å². The lowest BCUT2D eigenvalue weighted by molar-refractivity contribution is -0.151. The number of carboxylic acid groups (broad SMARTS) is 1. The number of aliphatic carboxylic acids is 1. The predicted molar refractivity (Wildman–Crippen MR) is 77.5 cm³/mol. The van der Waals surface area contributed by atoms with E-state index in [0.29, 0.717) is 12.4 Å². The van der Waals surface area contributed by atoms with Gasteiger partial charge in [-0.15, -0.1) is 0 Å². The van der Waals surface area contributed by atoms with Gasteiger partial charge in [0.05, 0.1) is 18.2 Å². The Hall–Kier alpha value is -1.36. The zero-order valence-corrected chi connectivity index (χ0v) is 13.5. The second-order valence-electron chi connectivity index (χ2n) is 7.28. The zero-order chi connectivity index (χ0) is 15.8. The Balaban J connectivity index is 2.77. The molecule has 1 heterocycles. The first-order valence-corrected chi connectivity index (χ1v) is 6.81. The first-order chi connectivity index (χ1) is 8.88. The molecule has 20 heavy (non-hydrogen) atoms. The summed E-state index contributed by atoms with van der Waals surface area (Å²) in [5.41, 5.74) is -1.57. The molecule has 0 aliphatic heterocycles. The van der Waals surface area contributed by atoms with Crippen molar-refractivity contribution in [3.63, 3.8) is 0 Å². The Morgan fingerprint density at radius 2 is 1.80 bits per heavy atom. The van der Waals surface area contributed by atoms with Gasteiger partial charge in [0.2, 0.25) is 5.89 Å². The lowest BCUT2D eigenvalue weighted by Gasteiger charge is -2.38. The number of hydrogen-bond donors (Lipinski definition) is 2. The predicted octanol–water partition coefficient (Wildman–Crippen LogP) is 2.95. The van der Waals surface area contributed by atoms with Crippen LogP contribution in [0.3, 0.4) is 0 Å². The molecule has 0 aliphatic rings. The molecular formula is C15H26N2O3. The fourth-order valence-electron chi connectivity index (χ4n) is 1.52. The van der Waals surface area contributed by atoms with Gasteiger partial charge < -0.3 is 14.8 Å². The number of rotatable bonds is 5. The van der Waals surface area contributed by atoms with Crippen molar-refractivity contribution in [2.45, 2.75) is 66.0 Å². The van der Waals surface area contributed by atoms with E-state index in [2.05, 4.69) is 31.1 Å². The Bertz CT molecular complexity index is 482. The third kappa shape index (κ3) is 3.39. The van der Waals surface area contributed by atoms with Gasteiger partial charge in [0.25, 0.3) is 0 Å². The van der Waals surface area contributed by atoms with Crippen molar-refractivity contribution >= 4 is 5.97 Å². The summed E-state index contributed by atoms with van der Waals surface area (Å²) < 4.78 is 5.70. The largest absolute Gasteiger partial charge is 0.481 e. The fraction of sp³-hybridized carbons (Fsp3) is 0.733. The first-order valence-electron chi connectivity index (χ1n) is 6.81. The van der Waals surface area contributed by atoms with Gasteiger partial charge in [0, 0.05) is 11.0 Å². The van der Waals surface area contributed by atoms with E-state index in [1.54, 1.807) is 20.0 Å². The lowest BCUT2D eigenvalue weighted by Crippen LogP contribution is -2.54. The van der Waals surface area contributed by atoms with Crippen LogP contribution in [-0.2, 0) is 16.8 Å². The molecule has 0 spiro atoms. The highest BCUT2D eigenvalue weighted by atomic mass is 16.4. The van der Waals surface area contributed by atoms with E-state index >= 15 is 0 Å². The van der Waals surface area contributed by atoms with Gasteiger partial charge in [-0.1, -0.05) is 20.8 Å². The molecule has 0 saturated carbocycles. The molecule has 0 atom stereocenters. The minimum Gasteiger partial charge on any atom is -0.481 e. The molecule has 1 aromatic rings. The van der Waals surface area contributed by atoms with Crippen molar-refractivity contribution in [2.75, 3.05) is 0 Å². The maximum absolute atomic E-state index is 11.3. The summed E-state index contributed by atoms with van der Waals surface area (Å²) in [4.78, 5) is 15.6. The minimum atomic E-state index is -0.896. The lowest BCUT2D eigenvalue weighted by atomic mass is 9.74. The topological polar surface area (TPSA) is 75.4 Å². The molecule has 0 unspecified atom stereocenters. The van der Waals surface area contributed by atoms with Crippen LogP contribution in [0.5, 0.6) is 0 Å². The number of carboxylic acids is 1. The van der Waals surface area contributed by atoms with E-state index < -0.39 is 16.9 Å².